The lowest BCUT2D eigenvalue weighted by Gasteiger charge is -2.30. The Morgan fingerprint density at radius 1 is 1.02 bits per heavy atom. The standard InChI is InChI=1S/C34H56N4O5/c1-8-24(4)30(35-20-19-25-15-11-9-12-16-25)32(40)37-31(39)27(23(2)3)22-29(38-42)28(21-26-17-13-10-14-18-26)36-33(41)43-34(5,6)7/h9,11-12,15-16,23-24,26-28,30,35,42H,8,10,13-14,17-22H2,1-7H3,(H,36,41)(H,37,39,40)/t24-,27-,28-,30-/m0/s1. The first-order chi connectivity index (χ1) is 20.3. The van der Waals surface area contributed by atoms with Crippen LogP contribution in [-0.4, -0.2) is 53.1 Å². The molecule has 0 saturated heterocycles. The number of alkyl carbamates (subject to hydrolysis) is 1. The van der Waals surface area contributed by atoms with Gasteiger partial charge in [-0.2, -0.15) is 0 Å². The second-order valence-electron chi connectivity index (χ2n) is 13.5. The Balaban J connectivity index is 2.14. The maximum absolute atomic E-state index is 13.6. The van der Waals surface area contributed by atoms with Crippen molar-refractivity contribution in [2.45, 2.75) is 124 Å². The van der Waals surface area contributed by atoms with Gasteiger partial charge in [0, 0.05) is 12.3 Å². The average molecular weight is 601 g/mol. The topological polar surface area (TPSA) is 129 Å². The first-order valence-corrected chi connectivity index (χ1v) is 16.2. The number of ether oxygens (including phenoxy) is 1. The molecule has 1 aliphatic rings. The van der Waals surface area contributed by atoms with Crippen molar-refractivity contribution in [1.82, 2.24) is 16.0 Å². The molecule has 0 aliphatic heterocycles. The molecule has 4 N–H and O–H groups in total. The Hall–Kier alpha value is -2.94. The number of carbonyl (C=O) groups excluding carboxylic acids is 3. The van der Waals surface area contributed by atoms with E-state index in [0.29, 0.717) is 24.6 Å². The average Bonchev–Trinajstić information content (AvgIpc) is 2.95. The third-order valence-electron chi connectivity index (χ3n) is 8.45. The Morgan fingerprint density at radius 3 is 2.23 bits per heavy atom. The van der Waals surface area contributed by atoms with Crippen LogP contribution in [0.5, 0.6) is 0 Å². The summed E-state index contributed by atoms with van der Waals surface area (Å²) in [5, 5.41) is 22.7. The van der Waals surface area contributed by atoms with E-state index < -0.39 is 35.6 Å². The van der Waals surface area contributed by atoms with Gasteiger partial charge in [0.25, 0.3) is 0 Å². The molecule has 0 bridgehead atoms. The summed E-state index contributed by atoms with van der Waals surface area (Å²) in [4.78, 5) is 39.8. The van der Waals surface area contributed by atoms with Crippen LogP contribution >= 0.6 is 0 Å². The quantitative estimate of drug-likeness (QED) is 0.107. The van der Waals surface area contributed by atoms with Crippen molar-refractivity contribution in [2.75, 3.05) is 6.54 Å². The minimum Gasteiger partial charge on any atom is -0.444 e. The highest BCUT2D eigenvalue weighted by atomic mass is 16.6. The zero-order valence-corrected chi connectivity index (χ0v) is 27.4. The van der Waals surface area contributed by atoms with Gasteiger partial charge in [0.15, 0.2) is 0 Å². The van der Waals surface area contributed by atoms with E-state index >= 15 is 0 Å². The highest BCUT2D eigenvalue weighted by molar-refractivity contribution is 6.01. The summed E-state index contributed by atoms with van der Waals surface area (Å²) in [5.74, 6) is -1.15. The van der Waals surface area contributed by atoms with Crippen molar-refractivity contribution in [3.63, 3.8) is 0 Å². The molecule has 1 saturated carbocycles. The van der Waals surface area contributed by atoms with E-state index in [4.69, 9.17) is 4.74 Å². The lowest BCUT2D eigenvalue weighted by molar-refractivity contribution is -0.135. The summed E-state index contributed by atoms with van der Waals surface area (Å²) < 4.78 is 5.51. The first kappa shape index (κ1) is 36.3. The number of amides is 3. The molecule has 0 spiro atoms. The highest BCUT2D eigenvalue weighted by Gasteiger charge is 2.34. The molecule has 242 valence electrons. The van der Waals surface area contributed by atoms with Gasteiger partial charge >= 0.3 is 6.09 Å². The number of hydrogen-bond donors (Lipinski definition) is 4. The fourth-order valence-electron chi connectivity index (χ4n) is 5.69. The van der Waals surface area contributed by atoms with Crippen molar-refractivity contribution in [1.29, 1.82) is 0 Å². The maximum atomic E-state index is 13.6. The Kier molecular flexibility index (Phi) is 15.2. The molecule has 4 atom stereocenters. The number of carbonyl (C=O) groups is 3. The molecule has 3 amide bonds. The van der Waals surface area contributed by atoms with Gasteiger partial charge < -0.3 is 20.6 Å². The van der Waals surface area contributed by atoms with Crippen LogP contribution in [0.2, 0.25) is 0 Å². The van der Waals surface area contributed by atoms with E-state index in [2.05, 4.69) is 33.2 Å². The molecule has 0 radical (unpaired) electrons. The number of rotatable bonds is 15. The van der Waals surface area contributed by atoms with Crippen molar-refractivity contribution < 1.29 is 24.3 Å². The third kappa shape index (κ3) is 13.1. The zero-order valence-electron chi connectivity index (χ0n) is 27.4. The normalized spacial score (nSPS) is 17.5. The second kappa shape index (κ2) is 18.0. The smallest absolute Gasteiger partial charge is 0.408 e. The number of nitrogens with zero attached hydrogens (tertiary/aromatic N) is 1. The van der Waals surface area contributed by atoms with Crippen molar-refractivity contribution >= 4 is 23.6 Å². The highest BCUT2D eigenvalue weighted by Crippen LogP contribution is 2.29. The predicted molar refractivity (Wildman–Crippen MR) is 171 cm³/mol. The molecule has 1 aromatic carbocycles. The van der Waals surface area contributed by atoms with E-state index in [1.54, 1.807) is 20.8 Å². The van der Waals surface area contributed by atoms with Crippen molar-refractivity contribution in [3.8, 4) is 0 Å². The minimum absolute atomic E-state index is 0.0218. The van der Waals surface area contributed by atoms with Crippen LogP contribution in [0.25, 0.3) is 0 Å². The van der Waals surface area contributed by atoms with E-state index in [0.717, 1.165) is 38.5 Å². The molecule has 9 nitrogen and oxygen atoms in total. The van der Waals surface area contributed by atoms with Gasteiger partial charge in [-0.3, -0.25) is 14.9 Å². The van der Waals surface area contributed by atoms with E-state index in [1.165, 1.54) is 12.0 Å². The number of hydrogen-bond acceptors (Lipinski definition) is 7. The van der Waals surface area contributed by atoms with Gasteiger partial charge in [-0.05, 0) is 63.5 Å². The molecule has 1 aromatic rings. The van der Waals surface area contributed by atoms with Gasteiger partial charge in [-0.1, -0.05) is 102 Å². The van der Waals surface area contributed by atoms with E-state index in [-0.39, 0.29) is 24.2 Å². The summed E-state index contributed by atoms with van der Waals surface area (Å²) in [6, 6.07) is 8.95. The summed E-state index contributed by atoms with van der Waals surface area (Å²) >= 11 is 0. The van der Waals surface area contributed by atoms with Gasteiger partial charge in [0.2, 0.25) is 11.8 Å². The van der Waals surface area contributed by atoms with Crippen molar-refractivity contribution in [3.05, 3.63) is 35.9 Å². The van der Waals surface area contributed by atoms with Crippen LogP contribution in [0.4, 0.5) is 4.79 Å². The summed E-state index contributed by atoms with van der Waals surface area (Å²) in [7, 11) is 0. The van der Waals surface area contributed by atoms with Crippen LogP contribution in [0.15, 0.2) is 35.5 Å². The maximum Gasteiger partial charge on any atom is 0.408 e. The largest absolute Gasteiger partial charge is 0.444 e. The molecule has 1 fully saturated rings. The van der Waals surface area contributed by atoms with Gasteiger partial charge in [-0.15, -0.1) is 0 Å². The third-order valence-corrected chi connectivity index (χ3v) is 8.45. The zero-order chi connectivity index (χ0) is 32.0. The minimum atomic E-state index is -0.683. The predicted octanol–water partition coefficient (Wildman–Crippen LogP) is 6.23. The molecule has 0 aromatic heterocycles. The monoisotopic (exact) mass is 600 g/mol. The van der Waals surface area contributed by atoms with Gasteiger partial charge in [0.1, 0.15) is 5.60 Å². The summed E-state index contributed by atoms with van der Waals surface area (Å²) in [6.07, 6.45) is 7.21. The SMILES string of the molecule is CC[C@H](C)[C@H](NCCc1ccccc1)C(=O)NC(=O)[C@@H](CC(=NO)[C@H](CC1CCCCC1)NC(=O)OC(C)(C)C)C(C)C. The molecule has 1 aliphatic carbocycles. The first-order valence-electron chi connectivity index (χ1n) is 16.2. The van der Waals surface area contributed by atoms with Crippen LogP contribution in [0.1, 0.15) is 105 Å². The summed E-state index contributed by atoms with van der Waals surface area (Å²) in [5.41, 5.74) is 0.808. The lowest BCUT2D eigenvalue weighted by Crippen LogP contribution is -2.52. The Bertz CT molecular complexity index is 1030. The van der Waals surface area contributed by atoms with E-state index in [1.807, 2.05) is 45.9 Å². The summed E-state index contributed by atoms with van der Waals surface area (Å²) in [6.45, 7) is 13.8. The Labute approximate surface area is 259 Å². The van der Waals surface area contributed by atoms with Crippen molar-refractivity contribution in [2.24, 2.45) is 28.8 Å². The second-order valence-corrected chi connectivity index (χ2v) is 13.5. The molecule has 2 rings (SSSR count). The molecule has 0 unspecified atom stereocenters. The number of benzene rings is 1. The van der Waals surface area contributed by atoms with E-state index in [9.17, 15) is 19.6 Å². The fourth-order valence-corrected chi connectivity index (χ4v) is 5.69. The van der Waals surface area contributed by atoms with Crippen LogP contribution in [-0.2, 0) is 20.7 Å². The van der Waals surface area contributed by atoms with Crippen LogP contribution < -0.4 is 16.0 Å². The van der Waals surface area contributed by atoms with Crippen LogP contribution in [0.3, 0.4) is 0 Å². The Morgan fingerprint density at radius 2 is 1.67 bits per heavy atom. The van der Waals surface area contributed by atoms with Crippen LogP contribution in [0, 0.1) is 23.7 Å². The number of nitrogens with one attached hydrogen (secondary N) is 3. The molecule has 0 heterocycles. The molecule has 9 heteroatoms. The number of imide groups is 1. The molecular weight excluding hydrogens is 544 g/mol. The van der Waals surface area contributed by atoms with Gasteiger partial charge in [-0.25, -0.2) is 4.79 Å². The number of oxime groups is 1. The lowest BCUT2D eigenvalue weighted by atomic mass is 9.81. The molecule has 43 heavy (non-hydrogen) atoms. The van der Waals surface area contributed by atoms with Gasteiger partial charge in [0.05, 0.1) is 17.8 Å². The fraction of sp³-hybridized carbons (Fsp3) is 0.706. The molecular formula is C34H56N4O5.